The SMILES string of the molecule is O=S(=O)(Nc1cc(Cl)cc(S(=O)(=O)NCC2CCCO2)c1O)c1cc(Br)cc(Cl)c1O. The lowest BCUT2D eigenvalue weighted by atomic mass is 10.2. The fourth-order valence-corrected chi connectivity index (χ4v) is 6.60. The van der Waals surface area contributed by atoms with Gasteiger partial charge in [-0.15, -0.1) is 0 Å². The van der Waals surface area contributed by atoms with Gasteiger partial charge in [-0.1, -0.05) is 39.1 Å². The Balaban J connectivity index is 1.95. The number of phenolic OH excluding ortho intramolecular Hbond substituents is 2. The van der Waals surface area contributed by atoms with Gasteiger partial charge in [-0.05, 0) is 37.1 Å². The van der Waals surface area contributed by atoms with Gasteiger partial charge < -0.3 is 14.9 Å². The molecule has 1 fully saturated rings. The Morgan fingerprint density at radius 2 is 1.71 bits per heavy atom. The molecule has 0 radical (unpaired) electrons. The molecule has 0 saturated carbocycles. The Hall–Kier alpha value is -1.28. The van der Waals surface area contributed by atoms with Crippen LogP contribution in [0.3, 0.4) is 0 Å². The van der Waals surface area contributed by atoms with Gasteiger partial charge in [0, 0.05) is 22.6 Å². The van der Waals surface area contributed by atoms with E-state index in [1.54, 1.807) is 0 Å². The molecule has 1 unspecified atom stereocenters. The highest BCUT2D eigenvalue weighted by molar-refractivity contribution is 9.10. The summed E-state index contributed by atoms with van der Waals surface area (Å²) in [4.78, 5) is -1.21. The Morgan fingerprint density at radius 3 is 2.35 bits per heavy atom. The molecular weight excluding hydrogens is 559 g/mol. The smallest absolute Gasteiger partial charge is 0.265 e. The summed E-state index contributed by atoms with van der Waals surface area (Å²) in [5.41, 5.74) is -0.500. The van der Waals surface area contributed by atoms with E-state index in [9.17, 15) is 27.0 Å². The van der Waals surface area contributed by atoms with Crippen LogP contribution in [0.2, 0.25) is 10.0 Å². The van der Waals surface area contributed by atoms with E-state index in [-0.39, 0.29) is 27.2 Å². The van der Waals surface area contributed by atoms with E-state index >= 15 is 0 Å². The van der Waals surface area contributed by atoms with Crippen molar-refractivity contribution >= 4 is 64.9 Å². The van der Waals surface area contributed by atoms with Crippen molar-refractivity contribution in [3.8, 4) is 11.5 Å². The van der Waals surface area contributed by atoms with Crippen molar-refractivity contribution in [2.24, 2.45) is 0 Å². The van der Waals surface area contributed by atoms with E-state index in [1.165, 1.54) is 6.07 Å². The van der Waals surface area contributed by atoms with E-state index in [0.29, 0.717) is 13.0 Å². The first-order valence-corrected chi connectivity index (χ1v) is 13.3. The summed E-state index contributed by atoms with van der Waals surface area (Å²) in [5.74, 6) is -1.58. The molecule has 0 spiro atoms. The highest BCUT2D eigenvalue weighted by atomic mass is 79.9. The van der Waals surface area contributed by atoms with Gasteiger partial charge in [-0.3, -0.25) is 4.72 Å². The number of phenols is 2. The molecule has 2 aromatic carbocycles. The number of benzene rings is 2. The second-order valence-electron chi connectivity index (χ2n) is 6.63. The van der Waals surface area contributed by atoms with Crippen LogP contribution < -0.4 is 9.44 Å². The van der Waals surface area contributed by atoms with Crippen molar-refractivity contribution < 1.29 is 31.8 Å². The number of aromatic hydroxyl groups is 2. The van der Waals surface area contributed by atoms with E-state index in [1.807, 2.05) is 4.72 Å². The molecule has 1 atom stereocenters. The molecule has 14 heteroatoms. The zero-order chi connectivity index (χ0) is 23.0. The highest BCUT2D eigenvalue weighted by Gasteiger charge is 2.28. The van der Waals surface area contributed by atoms with Gasteiger partial charge in [0.25, 0.3) is 10.0 Å². The van der Waals surface area contributed by atoms with E-state index in [0.717, 1.165) is 24.6 Å². The Morgan fingerprint density at radius 1 is 1.03 bits per heavy atom. The summed E-state index contributed by atoms with van der Waals surface area (Å²) in [6.07, 6.45) is 1.21. The number of halogens is 3. The normalized spacial score (nSPS) is 17.1. The van der Waals surface area contributed by atoms with Crippen LogP contribution in [0.1, 0.15) is 12.8 Å². The van der Waals surface area contributed by atoms with Crippen LogP contribution in [-0.4, -0.2) is 46.3 Å². The van der Waals surface area contributed by atoms with Crippen molar-refractivity contribution in [2.75, 3.05) is 17.9 Å². The van der Waals surface area contributed by atoms with Crippen LogP contribution in [0.4, 0.5) is 5.69 Å². The number of hydrogen-bond donors (Lipinski definition) is 4. The maximum atomic E-state index is 12.8. The maximum Gasteiger partial charge on any atom is 0.265 e. The molecular formula is C17H17BrCl2N2O7S2. The van der Waals surface area contributed by atoms with E-state index in [4.69, 9.17) is 27.9 Å². The monoisotopic (exact) mass is 574 g/mol. The fourth-order valence-electron chi connectivity index (χ4n) is 2.89. The van der Waals surface area contributed by atoms with Gasteiger partial charge in [-0.2, -0.15) is 0 Å². The quantitative estimate of drug-likeness (QED) is 0.370. The molecule has 0 aromatic heterocycles. The van der Waals surface area contributed by atoms with E-state index < -0.39 is 47.0 Å². The first-order valence-electron chi connectivity index (χ1n) is 8.75. The molecule has 170 valence electrons. The first-order chi connectivity index (χ1) is 14.4. The standard InChI is InChI=1S/C17H17BrCl2N2O7S2/c18-9-4-12(20)16(23)14(5-9)31(27,28)22-13-6-10(19)7-15(17(13)24)30(25,26)21-8-11-2-1-3-29-11/h4-7,11,21-24H,1-3,8H2. The van der Waals surface area contributed by atoms with Gasteiger partial charge >= 0.3 is 0 Å². The van der Waals surface area contributed by atoms with Gasteiger partial charge in [-0.25, -0.2) is 21.6 Å². The number of hydrogen-bond acceptors (Lipinski definition) is 7. The summed E-state index contributed by atoms with van der Waals surface area (Å²) < 4.78 is 60.8. The summed E-state index contributed by atoms with van der Waals surface area (Å²) in [5, 5.41) is 20.2. The predicted molar refractivity (Wildman–Crippen MR) is 119 cm³/mol. The number of nitrogens with one attached hydrogen (secondary N) is 2. The topological polar surface area (TPSA) is 142 Å². The average molecular weight is 576 g/mol. The number of ether oxygens (including phenoxy) is 1. The van der Waals surface area contributed by atoms with Crippen LogP contribution in [0.25, 0.3) is 0 Å². The molecule has 1 aliphatic heterocycles. The summed E-state index contributed by atoms with van der Waals surface area (Å²) in [6.45, 7) is 0.521. The van der Waals surface area contributed by atoms with Gasteiger partial charge in [0.1, 0.15) is 9.79 Å². The zero-order valence-corrected chi connectivity index (χ0v) is 20.3. The van der Waals surface area contributed by atoms with Crippen LogP contribution in [0.5, 0.6) is 11.5 Å². The lowest BCUT2D eigenvalue weighted by Crippen LogP contribution is -2.32. The Kier molecular flexibility index (Phi) is 7.31. The zero-order valence-electron chi connectivity index (χ0n) is 15.6. The van der Waals surface area contributed by atoms with E-state index in [2.05, 4.69) is 20.7 Å². The van der Waals surface area contributed by atoms with Gasteiger partial charge in [0.05, 0.1) is 16.8 Å². The molecule has 2 aromatic rings. The number of anilines is 1. The summed E-state index contributed by atoms with van der Waals surface area (Å²) >= 11 is 14.9. The highest BCUT2D eigenvalue weighted by Crippen LogP contribution is 2.39. The van der Waals surface area contributed by atoms with Crippen molar-refractivity contribution in [1.82, 2.24) is 4.72 Å². The average Bonchev–Trinajstić information content (AvgIpc) is 3.19. The fraction of sp³-hybridized carbons (Fsp3) is 0.294. The maximum absolute atomic E-state index is 12.8. The number of rotatable bonds is 7. The van der Waals surface area contributed by atoms with Crippen molar-refractivity contribution in [2.45, 2.75) is 28.7 Å². The van der Waals surface area contributed by atoms with Gasteiger partial charge in [0.2, 0.25) is 10.0 Å². The van der Waals surface area contributed by atoms with Crippen LogP contribution in [-0.2, 0) is 24.8 Å². The summed E-state index contributed by atoms with van der Waals surface area (Å²) in [7, 11) is -8.73. The van der Waals surface area contributed by atoms with Crippen molar-refractivity contribution in [1.29, 1.82) is 0 Å². The minimum atomic E-state index is -4.48. The lowest BCUT2D eigenvalue weighted by molar-refractivity contribution is 0.114. The second kappa shape index (κ2) is 9.30. The molecule has 0 bridgehead atoms. The van der Waals surface area contributed by atoms with Crippen LogP contribution in [0, 0.1) is 0 Å². The third-order valence-electron chi connectivity index (χ3n) is 4.38. The molecule has 9 nitrogen and oxygen atoms in total. The molecule has 31 heavy (non-hydrogen) atoms. The minimum Gasteiger partial charge on any atom is -0.505 e. The Labute approximate surface area is 197 Å². The van der Waals surface area contributed by atoms with Crippen molar-refractivity contribution in [3.63, 3.8) is 0 Å². The molecule has 1 saturated heterocycles. The lowest BCUT2D eigenvalue weighted by Gasteiger charge is -2.16. The van der Waals surface area contributed by atoms with Crippen LogP contribution >= 0.6 is 39.1 Å². The largest absolute Gasteiger partial charge is 0.505 e. The minimum absolute atomic E-state index is 0.0141. The molecule has 0 aliphatic carbocycles. The third kappa shape index (κ3) is 5.56. The molecule has 1 aliphatic rings. The predicted octanol–water partition coefficient (Wildman–Crippen LogP) is 3.43. The molecule has 1 heterocycles. The van der Waals surface area contributed by atoms with Gasteiger partial charge in [0.15, 0.2) is 11.5 Å². The first kappa shape index (κ1) is 24.4. The molecule has 4 N–H and O–H groups in total. The third-order valence-corrected chi connectivity index (χ3v) is 8.16. The number of sulfonamides is 2. The molecule has 0 amide bonds. The Bertz CT molecular complexity index is 1220. The second-order valence-corrected chi connectivity index (χ2v) is 11.8. The van der Waals surface area contributed by atoms with Crippen molar-refractivity contribution in [3.05, 3.63) is 38.8 Å². The van der Waals surface area contributed by atoms with Crippen LogP contribution in [0.15, 0.2) is 38.5 Å². The molecule has 3 rings (SSSR count). The summed E-state index contributed by atoms with van der Waals surface area (Å²) in [6, 6.07) is 4.40.